The number of rotatable bonds is 11. The van der Waals surface area contributed by atoms with Crippen LogP contribution >= 0.6 is 12.6 Å². The number of aliphatic carboxylic acids is 1. The third-order valence-corrected chi connectivity index (χ3v) is 4.17. The second-order valence-electron chi connectivity index (χ2n) is 6.47. The van der Waals surface area contributed by atoms with Gasteiger partial charge in [-0.3, -0.25) is 19.2 Å². The van der Waals surface area contributed by atoms with E-state index in [4.69, 9.17) is 10.8 Å². The maximum atomic E-state index is 12.6. The number of carboxylic acid groups (broad SMARTS) is 1. The Bertz CT molecular complexity index is 681. The lowest BCUT2D eigenvalue weighted by Crippen LogP contribution is -2.58. The molecular weight excluding hydrogens is 388 g/mol. The SMILES string of the molecule is CC(C)C(NC(=O)C(N)Cc1cnc[nH]1)C(=O)NC(CS)C(=O)NCC(=O)O. The molecule has 0 saturated heterocycles. The van der Waals surface area contributed by atoms with Gasteiger partial charge in [0.05, 0.1) is 12.4 Å². The monoisotopic (exact) mass is 414 g/mol. The normalized spacial score (nSPS) is 14.0. The Morgan fingerprint density at radius 3 is 2.39 bits per heavy atom. The number of hydrogen-bond acceptors (Lipinski definition) is 7. The van der Waals surface area contributed by atoms with Gasteiger partial charge in [0.15, 0.2) is 0 Å². The quantitative estimate of drug-likeness (QED) is 0.205. The molecule has 0 bridgehead atoms. The minimum absolute atomic E-state index is 0.0463. The van der Waals surface area contributed by atoms with Crippen molar-refractivity contribution in [1.29, 1.82) is 0 Å². The number of amides is 3. The third-order valence-electron chi connectivity index (χ3n) is 3.81. The highest BCUT2D eigenvalue weighted by atomic mass is 32.1. The number of hydrogen-bond donors (Lipinski definition) is 7. The van der Waals surface area contributed by atoms with Gasteiger partial charge in [0.25, 0.3) is 0 Å². The van der Waals surface area contributed by atoms with Crippen LogP contribution in [0.4, 0.5) is 0 Å². The van der Waals surface area contributed by atoms with Crippen LogP contribution in [0.15, 0.2) is 12.5 Å². The van der Waals surface area contributed by atoms with Gasteiger partial charge < -0.3 is 31.8 Å². The van der Waals surface area contributed by atoms with Crippen molar-refractivity contribution in [3.63, 3.8) is 0 Å². The molecule has 11 nitrogen and oxygen atoms in total. The first-order valence-corrected chi connectivity index (χ1v) is 9.22. The molecule has 0 aliphatic carbocycles. The maximum absolute atomic E-state index is 12.6. The Labute approximate surface area is 167 Å². The zero-order chi connectivity index (χ0) is 21.3. The molecule has 0 saturated carbocycles. The summed E-state index contributed by atoms with van der Waals surface area (Å²) >= 11 is 4.01. The third kappa shape index (κ3) is 7.56. The Balaban J connectivity index is 2.69. The van der Waals surface area contributed by atoms with Crippen molar-refractivity contribution < 1.29 is 24.3 Å². The lowest BCUT2D eigenvalue weighted by atomic mass is 10.0. The van der Waals surface area contributed by atoms with Crippen LogP contribution in [-0.2, 0) is 25.6 Å². The van der Waals surface area contributed by atoms with E-state index in [0.29, 0.717) is 5.69 Å². The van der Waals surface area contributed by atoms with E-state index in [1.807, 2.05) is 0 Å². The first-order chi connectivity index (χ1) is 13.1. The van der Waals surface area contributed by atoms with E-state index in [1.165, 1.54) is 6.33 Å². The molecule has 0 radical (unpaired) electrons. The molecule has 3 atom stereocenters. The number of nitrogens with one attached hydrogen (secondary N) is 4. The summed E-state index contributed by atoms with van der Waals surface area (Å²) < 4.78 is 0. The van der Waals surface area contributed by atoms with Crippen LogP contribution in [0.1, 0.15) is 19.5 Å². The van der Waals surface area contributed by atoms with E-state index in [9.17, 15) is 19.2 Å². The van der Waals surface area contributed by atoms with Gasteiger partial charge in [0.2, 0.25) is 17.7 Å². The standard InChI is InChI=1S/C16H26N6O5S/c1-8(2)13(22-14(25)10(17)3-9-4-18-7-20-9)16(27)21-11(6-28)15(26)19-5-12(23)24/h4,7-8,10-11,13,28H,3,5-6,17H2,1-2H3,(H,18,20)(H,19,26)(H,21,27)(H,22,25)(H,23,24). The molecular formula is C16H26N6O5S. The van der Waals surface area contributed by atoms with Crippen LogP contribution < -0.4 is 21.7 Å². The molecule has 3 unspecified atom stereocenters. The molecule has 0 fully saturated rings. The number of aromatic nitrogens is 2. The molecule has 1 aromatic rings. The van der Waals surface area contributed by atoms with Crippen molar-refractivity contribution in [3.05, 3.63) is 18.2 Å². The maximum Gasteiger partial charge on any atom is 0.322 e. The fourth-order valence-electron chi connectivity index (χ4n) is 2.26. The molecule has 0 aliphatic rings. The molecule has 1 heterocycles. The highest BCUT2D eigenvalue weighted by molar-refractivity contribution is 7.80. The van der Waals surface area contributed by atoms with Gasteiger partial charge in [-0.2, -0.15) is 12.6 Å². The van der Waals surface area contributed by atoms with Gasteiger partial charge >= 0.3 is 5.97 Å². The van der Waals surface area contributed by atoms with Gasteiger partial charge in [-0.05, 0) is 5.92 Å². The van der Waals surface area contributed by atoms with E-state index in [1.54, 1.807) is 20.0 Å². The molecule has 1 rings (SSSR count). The van der Waals surface area contributed by atoms with E-state index < -0.39 is 48.4 Å². The zero-order valence-electron chi connectivity index (χ0n) is 15.6. The molecule has 1 aromatic heterocycles. The number of carboxylic acids is 1. The summed E-state index contributed by atoms with van der Waals surface area (Å²) in [4.78, 5) is 54.1. The molecule has 0 aliphatic heterocycles. The lowest BCUT2D eigenvalue weighted by molar-refractivity contribution is -0.138. The highest BCUT2D eigenvalue weighted by Crippen LogP contribution is 2.05. The van der Waals surface area contributed by atoms with Crippen molar-refractivity contribution in [2.24, 2.45) is 11.7 Å². The minimum Gasteiger partial charge on any atom is -0.480 e. The summed E-state index contributed by atoms with van der Waals surface area (Å²) in [5.74, 6) is -3.35. The van der Waals surface area contributed by atoms with Crippen LogP contribution in [0.5, 0.6) is 0 Å². The van der Waals surface area contributed by atoms with Crippen molar-refractivity contribution in [1.82, 2.24) is 25.9 Å². The predicted octanol–water partition coefficient (Wildman–Crippen LogP) is -1.96. The average Bonchev–Trinajstić information content (AvgIpc) is 3.14. The fraction of sp³-hybridized carbons (Fsp3) is 0.562. The van der Waals surface area contributed by atoms with Crippen molar-refractivity contribution >= 4 is 36.3 Å². The second kappa shape index (κ2) is 11.3. The lowest BCUT2D eigenvalue weighted by Gasteiger charge is -2.25. The number of H-pyrrole nitrogens is 1. The van der Waals surface area contributed by atoms with Crippen molar-refractivity contribution in [2.45, 2.75) is 38.4 Å². The summed E-state index contributed by atoms with van der Waals surface area (Å²) in [6.45, 7) is 2.88. The van der Waals surface area contributed by atoms with Crippen molar-refractivity contribution in [3.8, 4) is 0 Å². The van der Waals surface area contributed by atoms with Gasteiger partial charge in [-0.1, -0.05) is 13.8 Å². The first kappa shape index (κ1) is 23.4. The number of carbonyl (C=O) groups is 4. The molecule has 0 aromatic carbocycles. The smallest absolute Gasteiger partial charge is 0.322 e. The number of carbonyl (C=O) groups excluding carboxylic acids is 3. The van der Waals surface area contributed by atoms with Crippen LogP contribution in [0.2, 0.25) is 0 Å². The highest BCUT2D eigenvalue weighted by Gasteiger charge is 2.29. The van der Waals surface area contributed by atoms with Crippen LogP contribution in [-0.4, -0.2) is 69.2 Å². The molecule has 3 amide bonds. The van der Waals surface area contributed by atoms with E-state index in [0.717, 1.165) is 0 Å². The first-order valence-electron chi connectivity index (χ1n) is 8.59. The summed E-state index contributed by atoms with van der Waals surface area (Å²) in [6.07, 6.45) is 3.24. The van der Waals surface area contributed by atoms with Gasteiger partial charge in [-0.15, -0.1) is 0 Å². The van der Waals surface area contributed by atoms with Crippen LogP contribution in [0.25, 0.3) is 0 Å². The van der Waals surface area contributed by atoms with E-state index >= 15 is 0 Å². The topological polar surface area (TPSA) is 179 Å². The summed E-state index contributed by atoms with van der Waals surface area (Å²) in [7, 11) is 0. The number of imidazole rings is 1. The minimum atomic E-state index is -1.21. The molecule has 12 heteroatoms. The molecule has 7 N–H and O–H groups in total. The Morgan fingerprint density at radius 1 is 1.21 bits per heavy atom. The summed E-state index contributed by atoms with van der Waals surface area (Å²) in [6, 6.07) is -2.88. The van der Waals surface area contributed by atoms with E-state index in [2.05, 4.69) is 38.5 Å². The number of nitrogens with two attached hydrogens (primary N) is 1. The van der Waals surface area contributed by atoms with Gasteiger partial charge in [0, 0.05) is 24.1 Å². The molecule has 28 heavy (non-hydrogen) atoms. The fourth-order valence-corrected chi connectivity index (χ4v) is 2.52. The number of aromatic amines is 1. The number of nitrogens with zero attached hydrogens (tertiary/aromatic N) is 1. The van der Waals surface area contributed by atoms with Gasteiger partial charge in [0.1, 0.15) is 18.6 Å². The van der Waals surface area contributed by atoms with Crippen molar-refractivity contribution in [2.75, 3.05) is 12.3 Å². The average molecular weight is 414 g/mol. The van der Waals surface area contributed by atoms with E-state index in [-0.39, 0.29) is 18.1 Å². The molecule has 156 valence electrons. The Hall–Kier alpha value is -2.60. The Morgan fingerprint density at radius 2 is 1.89 bits per heavy atom. The van der Waals surface area contributed by atoms with Gasteiger partial charge in [-0.25, -0.2) is 4.98 Å². The van der Waals surface area contributed by atoms with Crippen LogP contribution in [0.3, 0.4) is 0 Å². The molecule has 0 spiro atoms. The zero-order valence-corrected chi connectivity index (χ0v) is 16.5. The van der Waals surface area contributed by atoms with Crippen LogP contribution in [0, 0.1) is 5.92 Å². The number of thiol groups is 1. The summed E-state index contributed by atoms with van der Waals surface area (Å²) in [5, 5.41) is 15.8. The second-order valence-corrected chi connectivity index (χ2v) is 6.84. The Kier molecular flexibility index (Phi) is 9.45. The predicted molar refractivity (Wildman–Crippen MR) is 103 cm³/mol. The summed E-state index contributed by atoms with van der Waals surface area (Å²) in [5.41, 5.74) is 6.56. The largest absolute Gasteiger partial charge is 0.480 e.